The minimum absolute atomic E-state index is 0.0442. The molecule has 0 saturated carbocycles. The fourth-order valence-electron chi connectivity index (χ4n) is 1.74. The van der Waals surface area contributed by atoms with Gasteiger partial charge in [-0.25, -0.2) is 4.79 Å². The first-order chi connectivity index (χ1) is 10.6. The van der Waals surface area contributed by atoms with E-state index in [9.17, 15) is 14.9 Å². The first kappa shape index (κ1) is 15.2. The van der Waals surface area contributed by atoms with E-state index in [2.05, 4.69) is 10.5 Å². The second-order valence-corrected chi connectivity index (χ2v) is 4.44. The summed E-state index contributed by atoms with van der Waals surface area (Å²) in [5.41, 5.74) is 3.80. The molecule has 0 radical (unpaired) electrons. The van der Waals surface area contributed by atoms with Crippen molar-refractivity contribution in [1.29, 1.82) is 0 Å². The molecule has 7 nitrogen and oxygen atoms in total. The lowest BCUT2D eigenvalue weighted by Gasteiger charge is -2.04. The highest BCUT2D eigenvalue weighted by Crippen LogP contribution is 2.15. The molecule has 0 unspecified atom stereocenters. The Labute approximate surface area is 126 Å². The van der Waals surface area contributed by atoms with Gasteiger partial charge in [-0.05, 0) is 17.7 Å². The van der Waals surface area contributed by atoms with Crippen LogP contribution in [0.5, 0.6) is 0 Å². The number of nitrogens with zero attached hydrogens (tertiary/aromatic N) is 2. The van der Waals surface area contributed by atoms with Crippen molar-refractivity contribution < 1.29 is 14.8 Å². The molecule has 112 valence electrons. The van der Waals surface area contributed by atoms with Crippen molar-refractivity contribution >= 4 is 23.1 Å². The number of nitrogens with one attached hydrogen (secondary N) is 1. The maximum absolute atomic E-state index is 11.2. The van der Waals surface area contributed by atoms with E-state index in [4.69, 9.17) is 5.11 Å². The van der Waals surface area contributed by atoms with Gasteiger partial charge in [0.15, 0.2) is 0 Å². The number of carbonyl (C=O) groups is 1. The van der Waals surface area contributed by atoms with Gasteiger partial charge in [0.25, 0.3) is 5.69 Å². The largest absolute Gasteiger partial charge is 0.477 e. The van der Waals surface area contributed by atoms with Crippen molar-refractivity contribution in [2.75, 3.05) is 5.43 Å². The third-order valence-electron chi connectivity index (χ3n) is 2.86. The number of benzene rings is 2. The van der Waals surface area contributed by atoms with E-state index in [0.717, 1.165) is 5.56 Å². The summed E-state index contributed by atoms with van der Waals surface area (Å²) in [5.74, 6) is -1.13. The molecule has 22 heavy (non-hydrogen) atoms. The highest BCUT2D eigenvalue weighted by atomic mass is 16.6. The van der Waals surface area contributed by atoms with Gasteiger partial charge in [-0.15, -0.1) is 0 Å². The third-order valence-corrected chi connectivity index (χ3v) is 2.86. The first-order valence-corrected chi connectivity index (χ1v) is 6.40. The number of hydrogen-bond donors (Lipinski definition) is 2. The van der Waals surface area contributed by atoms with Crippen LogP contribution in [0.4, 0.5) is 11.4 Å². The minimum Gasteiger partial charge on any atom is -0.477 e. The van der Waals surface area contributed by atoms with Crippen molar-refractivity contribution in [2.45, 2.75) is 6.42 Å². The molecular formula is C15H13N3O4. The zero-order valence-electron chi connectivity index (χ0n) is 11.5. The SMILES string of the molecule is O=C(O)/C(Cc1ccccc1)=N\Nc1ccc([N+](=O)[O-])cc1. The molecule has 0 aliphatic carbocycles. The molecule has 0 heterocycles. The Kier molecular flexibility index (Phi) is 4.81. The topological polar surface area (TPSA) is 105 Å². The number of nitro groups is 1. The Hall–Kier alpha value is -3.22. The third kappa shape index (κ3) is 4.14. The normalized spacial score (nSPS) is 11.0. The molecule has 2 aromatic carbocycles. The zero-order chi connectivity index (χ0) is 15.9. The van der Waals surface area contributed by atoms with E-state index in [1.165, 1.54) is 24.3 Å². The quantitative estimate of drug-likeness (QED) is 0.484. The lowest BCUT2D eigenvalue weighted by atomic mass is 10.1. The molecule has 7 heteroatoms. The number of hydrogen-bond acceptors (Lipinski definition) is 5. The van der Waals surface area contributed by atoms with Gasteiger partial charge < -0.3 is 5.11 Å². The molecule has 0 bridgehead atoms. The molecule has 0 atom stereocenters. The maximum Gasteiger partial charge on any atom is 0.352 e. The summed E-state index contributed by atoms with van der Waals surface area (Å²) < 4.78 is 0. The summed E-state index contributed by atoms with van der Waals surface area (Å²) in [6.45, 7) is 0. The predicted octanol–water partition coefficient (Wildman–Crippen LogP) is 2.69. The Morgan fingerprint density at radius 2 is 1.77 bits per heavy atom. The standard InChI is InChI=1S/C15H13N3O4/c19-15(20)14(10-11-4-2-1-3-5-11)17-16-12-6-8-13(9-7-12)18(21)22/h1-9,16H,10H2,(H,19,20)/b17-14-. The molecule has 0 aliphatic rings. The van der Waals surface area contributed by atoms with Crippen LogP contribution in [-0.2, 0) is 11.2 Å². The van der Waals surface area contributed by atoms with Crippen molar-refractivity contribution in [1.82, 2.24) is 0 Å². The van der Waals surface area contributed by atoms with Crippen LogP contribution in [0.3, 0.4) is 0 Å². The van der Waals surface area contributed by atoms with Crippen LogP contribution in [-0.4, -0.2) is 21.7 Å². The number of carboxylic acid groups (broad SMARTS) is 1. The monoisotopic (exact) mass is 299 g/mol. The molecule has 0 spiro atoms. The van der Waals surface area contributed by atoms with Gasteiger partial charge in [-0.2, -0.15) is 5.10 Å². The smallest absolute Gasteiger partial charge is 0.352 e. The summed E-state index contributed by atoms with van der Waals surface area (Å²) in [4.78, 5) is 21.3. The molecule has 2 aromatic rings. The molecule has 2 N–H and O–H groups in total. The van der Waals surface area contributed by atoms with Gasteiger partial charge in [-0.3, -0.25) is 15.5 Å². The van der Waals surface area contributed by atoms with E-state index in [1.54, 1.807) is 0 Å². The van der Waals surface area contributed by atoms with Crippen LogP contribution in [0, 0.1) is 10.1 Å². The zero-order valence-corrected chi connectivity index (χ0v) is 11.5. The molecule has 0 fully saturated rings. The van der Waals surface area contributed by atoms with Gasteiger partial charge in [0, 0.05) is 18.6 Å². The average molecular weight is 299 g/mol. The van der Waals surface area contributed by atoms with Gasteiger partial charge in [0.2, 0.25) is 0 Å². The lowest BCUT2D eigenvalue weighted by Crippen LogP contribution is -2.17. The van der Waals surface area contributed by atoms with Gasteiger partial charge in [-0.1, -0.05) is 30.3 Å². The van der Waals surface area contributed by atoms with E-state index >= 15 is 0 Å². The number of hydrazone groups is 1. The van der Waals surface area contributed by atoms with Crippen LogP contribution in [0.15, 0.2) is 59.7 Å². The number of aliphatic carboxylic acids is 1. The number of rotatable bonds is 6. The van der Waals surface area contributed by atoms with Crippen LogP contribution in [0.2, 0.25) is 0 Å². The number of carboxylic acids is 1. The molecule has 0 saturated heterocycles. The average Bonchev–Trinajstić information content (AvgIpc) is 2.52. The number of nitro benzene ring substituents is 1. The van der Waals surface area contributed by atoms with Gasteiger partial charge in [0.1, 0.15) is 5.71 Å². The van der Waals surface area contributed by atoms with Crippen LogP contribution < -0.4 is 5.43 Å². The summed E-state index contributed by atoms with van der Waals surface area (Å²) in [6.07, 6.45) is 0.177. The van der Waals surface area contributed by atoms with Crippen molar-refractivity contribution in [3.8, 4) is 0 Å². The van der Waals surface area contributed by atoms with Crippen LogP contribution in [0.1, 0.15) is 5.56 Å². The van der Waals surface area contributed by atoms with E-state index in [-0.39, 0.29) is 17.8 Å². The predicted molar refractivity (Wildman–Crippen MR) is 81.9 cm³/mol. The van der Waals surface area contributed by atoms with E-state index < -0.39 is 10.9 Å². The molecular weight excluding hydrogens is 286 g/mol. The fourth-order valence-corrected chi connectivity index (χ4v) is 1.74. The van der Waals surface area contributed by atoms with Crippen molar-refractivity contribution in [3.63, 3.8) is 0 Å². The van der Waals surface area contributed by atoms with E-state index in [0.29, 0.717) is 5.69 Å². The number of anilines is 1. The molecule has 0 aliphatic heterocycles. The molecule has 0 aromatic heterocycles. The molecule has 0 amide bonds. The maximum atomic E-state index is 11.2. The Bertz CT molecular complexity index is 696. The van der Waals surface area contributed by atoms with Crippen molar-refractivity contribution in [2.24, 2.45) is 5.10 Å². The Balaban J connectivity index is 2.10. The second-order valence-electron chi connectivity index (χ2n) is 4.44. The highest BCUT2D eigenvalue weighted by molar-refractivity contribution is 6.36. The minimum atomic E-state index is -1.13. The van der Waals surface area contributed by atoms with Crippen LogP contribution >= 0.6 is 0 Å². The van der Waals surface area contributed by atoms with E-state index in [1.807, 2.05) is 30.3 Å². The summed E-state index contributed by atoms with van der Waals surface area (Å²) in [5, 5.41) is 23.6. The van der Waals surface area contributed by atoms with Crippen LogP contribution in [0.25, 0.3) is 0 Å². The second kappa shape index (κ2) is 6.98. The summed E-state index contributed by atoms with van der Waals surface area (Å²) >= 11 is 0. The summed E-state index contributed by atoms with van der Waals surface area (Å²) in [6, 6.07) is 14.7. The van der Waals surface area contributed by atoms with Gasteiger partial charge in [0.05, 0.1) is 10.6 Å². The first-order valence-electron chi connectivity index (χ1n) is 6.40. The Morgan fingerprint density at radius 1 is 1.14 bits per heavy atom. The van der Waals surface area contributed by atoms with Crippen molar-refractivity contribution in [3.05, 3.63) is 70.3 Å². The molecule has 2 rings (SSSR count). The Morgan fingerprint density at radius 3 is 2.32 bits per heavy atom. The highest BCUT2D eigenvalue weighted by Gasteiger charge is 2.11. The summed E-state index contributed by atoms with van der Waals surface area (Å²) in [7, 11) is 0. The fraction of sp³-hybridized carbons (Fsp3) is 0.0667. The number of non-ortho nitro benzene ring substituents is 1. The lowest BCUT2D eigenvalue weighted by molar-refractivity contribution is -0.384. The van der Waals surface area contributed by atoms with Gasteiger partial charge >= 0.3 is 5.97 Å².